The molecule has 0 heterocycles. The van der Waals surface area contributed by atoms with Crippen molar-refractivity contribution in [3.63, 3.8) is 0 Å². The fraction of sp³-hybridized carbons (Fsp3) is 0.462. The van der Waals surface area contributed by atoms with Gasteiger partial charge in [0, 0.05) is 24.2 Å². The van der Waals surface area contributed by atoms with E-state index in [9.17, 15) is 4.79 Å². The largest absolute Gasteiger partial charge is 0.333 e. The quantitative estimate of drug-likeness (QED) is 0.576. The van der Waals surface area contributed by atoms with Crippen molar-refractivity contribution in [2.45, 2.75) is 32.4 Å². The summed E-state index contributed by atoms with van der Waals surface area (Å²) >= 11 is 5.98. The van der Waals surface area contributed by atoms with E-state index >= 15 is 0 Å². The van der Waals surface area contributed by atoms with Crippen molar-refractivity contribution in [1.82, 2.24) is 16.2 Å². The highest BCUT2D eigenvalue weighted by molar-refractivity contribution is 6.31. The van der Waals surface area contributed by atoms with Crippen LogP contribution in [0, 0.1) is 0 Å². The summed E-state index contributed by atoms with van der Waals surface area (Å²) in [4.78, 5) is 11.5. The Morgan fingerprint density at radius 3 is 2.84 bits per heavy atom. The molecule has 0 spiro atoms. The molecular weight excluding hydrogens is 264 g/mol. The predicted octanol–water partition coefficient (Wildman–Crippen LogP) is 1.77. The van der Waals surface area contributed by atoms with E-state index in [0.717, 1.165) is 18.4 Å². The molecule has 5 N–H and O–H groups in total. The van der Waals surface area contributed by atoms with Crippen molar-refractivity contribution >= 4 is 17.6 Å². The van der Waals surface area contributed by atoms with Gasteiger partial charge in [0.2, 0.25) is 0 Å². The fourth-order valence-electron chi connectivity index (χ4n) is 1.60. The molecule has 0 aliphatic rings. The van der Waals surface area contributed by atoms with Gasteiger partial charge < -0.3 is 11.1 Å². The third-order valence-corrected chi connectivity index (χ3v) is 2.99. The van der Waals surface area contributed by atoms with Gasteiger partial charge in [-0.25, -0.2) is 10.2 Å². The number of benzene rings is 1. The first-order chi connectivity index (χ1) is 9.13. The topological polar surface area (TPSA) is 79.2 Å². The molecule has 5 nitrogen and oxygen atoms in total. The molecule has 1 aromatic carbocycles. The average Bonchev–Trinajstić information content (AvgIpc) is 2.38. The molecule has 6 heteroatoms. The lowest BCUT2D eigenvalue weighted by atomic mass is 10.2. The summed E-state index contributed by atoms with van der Waals surface area (Å²) in [5.74, 6) is 0. The number of hydrazine groups is 1. The van der Waals surface area contributed by atoms with Crippen molar-refractivity contribution in [3.8, 4) is 0 Å². The number of halogens is 1. The third-order valence-electron chi connectivity index (χ3n) is 2.62. The molecule has 0 aromatic heterocycles. The van der Waals surface area contributed by atoms with Crippen molar-refractivity contribution in [2.24, 2.45) is 5.73 Å². The van der Waals surface area contributed by atoms with Gasteiger partial charge in [-0.05, 0) is 18.1 Å². The summed E-state index contributed by atoms with van der Waals surface area (Å²) in [7, 11) is 0. The molecule has 2 amide bonds. The van der Waals surface area contributed by atoms with Gasteiger partial charge in [-0.15, -0.1) is 0 Å². The van der Waals surface area contributed by atoms with Gasteiger partial charge in [0.25, 0.3) is 0 Å². The van der Waals surface area contributed by atoms with Crippen LogP contribution in [0.2, 0.25) is 5.02 Å². The number of carbonyl (C=O) groups is 1. The van der Waals surface area contributed by atoms with Crippen LogP contribution in [0.4, 0.5) is 4.79 Å². The average molecular weight is 285 g/mol. The number of rotatable bonds is 7. The second-order valence-electron chi connectivity index (χ2n) is 4.33. The lowest BCUT2D eigenvalue weighted by Gasteiger charge is -2.13. The Morgan fingerprint density at radius 2 is 2.16 bits per heavy atom. The maximum absolute atomic E-state index is 11.5. The van der Waals surface area contributed by atoms with Crippen LogP contribution >= 0.6 is 11.6 Å². The Bertz CT molecular complexity index is 400. The zero-order chi connectivity index (χ0) is 14.1. The van der Waals surface area contributed by atoms with E-state index < -0.39 is 0 Å². The SMILES string of the molecule is CCCC(N)CNNC(=O)NCc1ccccc1Cl. The Balaban J connectivity index is 2.20. The summed E-state index contributed by atoms with van der Waals surface area (Å²) in [6.45, 7) is 3.01. The van der Waals surface area contributed by atoms with E-state index in [-0.39, 0.29) is 12.1 Å². The molecule has 0 aliphatic heterocycles. The highest BCUT2D eigenvalue weighted by Gasteiger charge is 2.04. The van der Waals surface area contributed by atoms with Gasteiger partial charge in [-0.1, -0.05) is 43.1 Å². The molecule has 0 aliphatic carbocycles. The van der Waals surface area contributed by atoms with Gasteiger partial charge in [-0.3, -0.25) is 5.43 Å². The Hall–Kier alpha value is -1.30. The molecule has 1 aromatic rings. The first-order valence-corrected chi connectivity index (χ1v) is 6.77. The van der Waals surface area contributed by atoms with Gasteiger partial charge in [0.1, 0.15) is 0 Å². The number of carbonyl (C=O) groups excluding carboxylic acids is 1. The fourth-order valence-corrected chi connectivity index (χ4v) is 1.80. The zero-order valence-electron chi connectivity index (χ0n) is 11.1. The smallest absolute Gasteiger partial charge is 0.329 e. The molecule has 106 valence electrons. The van der Waals surface area contributed by atoms with E-state index in [1.165, 1.54) is 0 Å². The summed E-state index contributed by atoms with van der Waals surface area (Å²) in [6, 6.07) is 7.13. The molecule has 1 rings (SSSR count). The first-order valence-electron chi connectivity index (χ1n) is 6.39. The number of urea groups is 1. The number of nitrogens with two attached hydrogens (primary N) is 1. The molecule has 0 saturated carbocycles. The zero-order valence-corrected chi connectivity index (χ0v) is 11.8. The summed E-state index contributed by atoms with van der Waals surface area (Å²) in [5, 5.41) is 3.35. The van der Waals surface area contributed by atoms with Crippen molar-refractivity contribution in [2.75, 3.05) is 6.54 Å². The minimum absolute atomic E-state index is 0.0499. The van der Waals surface area contributed by atoms with Gasteiger partial charge in [-0.2, -0.15) is 0 Å². The van der Waals surface area contributed by atoms with Crippen LogP contribution in [-0.2, 0) is 6.54 Å². The molecule has 1 atom stereocenters. The molecule has 0 saturated heterocycles. The highest BCUT2D eigenvalue weighted by Crippen LogP contribution is 2.13. The first kappa shape index (κ1) is 15.8. The van der Waals surface area contributed by atoms with E-state index in [0.29, 0.717) is 18.1 Å². The molecular formula is C13H21ClN4O. The van der Waals surface area contributed by atoms with Crippen molar-refractivity contribution in [1.29, 1.82) is 0 Å². The standard InChI is InChI=1S/C13H21ClN4O/c1-2-5-11(15)9-17-18-13(19)16-8-10-6-3-4-7-12(10)14/h3-4,6-7,11,17H,2,5,8-9,15H2,1H3,(H2,16,18,19). The van der Waals surface area contributed by atoms with Crippen molar-refractivity contribution in [3.05, 3.63) is 34.9 Å². The number of nitrogens with one attached hydrogen (secondary N) is 3. The second-order valence-corrected chi connectivity index (χ2v) is 4.74. The van der Waals surface area contributed by atoms with Gasteiger partial charge in [0.15, 0.2) is 0 Å². The Kier molecular flexibility index (Phi) is 7.25. The van der Waals surface area contributed by atoms with Crippen LogP contribution in [0.25, 0.3) is 0 Å². The van der Waals surface area contributed by atoms with E-state index in [4.69, 9.17) is 17.3 Å². The minimum Gasteiger partial charge on any atom is -0.333 e. The molecule has 0 radical (unpaired) electrons. The predicted molar refractivity (Wildman–Crippen MR) is 77.7 cm³/mol. The number of hydrogen-bond donors (Lipinski definition) is 4. The van der Waals surface area contributed by atoms with Crippen LogP contribution in [-0.4, -0.2) is 18.6 Å². The lowest BCUT2D eigenvalue weighted by molar-refractivity contribution is 0.235. The Labute approximate surface area is 118 Å². The summed E-state index contributed by atoms with van der Waals surface area (Å²) in [6.07, 6.45) is 1.96. The number of hydrogen-bond acceptors (Lipinski definition) is 3. The molecule has 0 bridgehead atoms. The normalized spacial score (nSPS) is 11.9. The van der Waals surface area contributed by atoms with Crippen molar-refractivity contribution < 1.29 is 4.79 Å². The van der Waals surface area contributed by atoms with Crippen LogP contribution in [0.1, 0.15) is 25.3 Å². The summed E-state index contributed by atoms with van der Waals surface area (Å²) in [5.41, 5.74) is 12.0. The van der Waals surface area contributed by atoms with Crippen LogP contribution in [0.15, 0.2) is 24.3 Å². The van der Waals surface area contributed by atoms with E-state index in [1.807, 2.05) is 18.2 Å². The second kappa shape index (κ2) is 8.74. The van der Waals surface area contributed by atoms with E-state index in [1.54, 1.807) is 6.07 Å². The molecule has 0 fully saturated rings. The maximum Gasteiger partial charge on any atom is 0.329 e. The van der Waals surface area contributed by atoms with Crippen LogP contribution in [0.3, 0.4) is 0 Å². The highest BCUT2D eigenvalue weighted by atomic mass is 35.5. The van der Waals surface area contributed by atoms with Crippen LogP contribution in [0.5, 0.6) is 0 Å². The minimum atomic E-state index is -0.302. The van der Waals surface area contributed by atoms with Gasteiger partial charge in [0.05, 0.1) is 0 Å². The summed E-state index contributed by atoms with van der Waals surface area (Å²) < 4.78 is 0. The molecule has 19 heavy (non-hydrogen) atoms. The lowest BCUT2D eigenvalue weighted by Crippen LogP contribution is -2.48. The molecule has 1 unspecified atom stereocenters. The monoisotopic (exact) mass is 284 g/mol. The van der Waals surface area contributed by atoms with E-state index in [2.05, 4.69) is 23.1 Å². The number of amides is 2. The maximum atomic E-state index is 11.5. The third kappa shape index (κ3) is 6.42. The van der Waals surface area contributed by atoms with Crippen LogP contribution < -0.4 is 21.9 Å². The Morgan fingerprint density at radius 1 is 1.42 bits per heavy atom. The van der Waals surface area contributed by atoms with Gasteiger partial charge >= 0.3 is 6.03 Å².